The molecule has 8 N–H and O–H groups in total. The minimum Gasteiger partial charge on any atom is -0.468 e. The number of aliphatic hydroxyl groups is 3. The maximum atomic E-state index is 12.2. The third-order valence-electron chi connectivity index (χ3n) is 5.71. The molecule has 0 aromatic heterocycles. The molecule has 0 bridgehead atoms. The summed E-state index contributed by atoms with van der Waals surface area (Å²) >= 11 is 0. The number of carbonyl (C=O) groups excluding carboxylic acids is 1. The lowest BCUT2D eigenvalue weighted by atomic mass is 9.86. The monoisotopic (exact) mass is 414 g/mol. The first kappa shape index (κ1) is 22.4. The molecule has 6 atom stereocenters. The van der Waals surface area contributed by atoms with E-state index in [1.54, 1.807) is 0 Å². The van der Waals surface area contributed by atoms with E-state index in [1.165, 1.54) is 0 Å². The van der Waals surface area contributed by atoms with Crippen molar-refractivity contribution in [1.82, 2.24) is 16.0 Å². The van der Waals surface area contributed by atoms with Gasteiger partial charge in [0, 0.05) is 44.1 Å². The number of rotatable bonds is 9. The first-order valence-electron chi connectivity index (χ1n) is 10.4. The zero-order valence-electron chi connectivity index (χ0n) is 16.6. The molecule has 1 saturated carbocycles. The maximum Gasteiger partial charge on any atom is 0.249 e. The zero-order chi connectivity index (χ0) is 20.8. The summed E-state index contributed by atoms with van der Waals surface area (Å²) in [5, 5.41) is 38.4. The van der Waals surface area contributed by atoms with Gasteiger partial charge in [0.05, 0.1) is 19.3 Å². The number of aliphatic hydroxyl groups excluding tert-OH is 3. The summed E-state index contributed by atoms with van der Waals surface area (Å²) in [4.78, 5) is 12.2. The Morgan fingerprint density at radius 2 is 2.21 bits per heavy atom. The summed E-state index contributed by atoms with van der Waals surface area (Å²) in [6.07, 6.45) is 1.26. The Morgan fingerprint density at radius 3 is 2.86 bits per heavy atom. The predicted octanol–water partition coefficient (Wildman–Crippen LogP) is -2.48. The van der Waals surface area contributed by atoms with Gasteiger partial charge in [0.25, 0.3) is 0 Å². The zero-order valence-corrected chi connectivity index (χ0v) is 16.6. The number of amides is 1. The highest BCUT2D eigenvalue weighted by Crippen LogP contribution is 2.26. The van der Waals surface area contributed by atoms with Gasteiger partial charge < -0.3 is 46.5 Å². The average Bonchev–Trinajstić information content (AvgIpc) is 2.64. The third kappa shape index (κ3) is 6.11. The summed E-state index contributed by atoms with van der Waals surface area (Å²) in [7, 11) is 0. The molecule has 3 rings (SSSR count). The Bertz CT molecular complexity index is 561. The van der Waals surface area contributed by atoms with Crippen LogP contribution in [0.1, 0.15) is 25.7 Å². The average molecular weight is 415 g/mol. The van der Waals surface area contributed by atoms with E-state index in [2.05, 4.69) is 16.0 Å². The van der Waals surface area contributed by atoms with Gasteiger partial charge >= 0.3 is 0 Å². The van der Waals surface area contributed by atoms with E-state index in [4.69, 9.17) is 20.3 Å². The minimum atomic E-state index is -1.04. The molecule has 10 nitrogen and oxygen atoms in total. The van der Waals surface area contributed by atoms with Crippen LogP contribution in [0.15, 0.2) is 11.8 Å². The second-order valence-electron chi connectivity index (χ2n) is 8.07. The second-order valence-corrected chi connectivity index (χ2v) is 8.07. The van der Waals surface area contributed by atoms with Crippen LogP contribution in [0, 0.1) is 5.92 Å². The van der Waals surface area contributed by atoms with Crippen LogP contribution in [0.3, 0.4) is 0 Å². The molecule has 3 aliphatic rings. The van der Waals surface area contributed by atoms with Crippen molar-refractivity contribution in [3.8, 4) is 0 Å². The summed E-state index contributed by atoms with van der Waals surface area (Å²) < 4.78 is 11.8. The fraction of sp³-hybridized carbons (Fsp3) is 0.842. The quantitative estimate of drug-likeness (QED) is 0.203. The molecule has 166 valence electrons. The fourth-order valence-electron chi connectivity index (χ4n) is 3.95. The highest BCUT2D eigenvalue weighted by Gasteiger charge is 2.40. The van der Waals surface area contributed by atoms with Crippen LogP contribution in [-0.2, 0) is 14.3 Å². The van der Waals surface area contributed by atoms with Gasteiger partial charge in [0.15, 0.2) is 6.29 Å². The molecular formula is C19H34N4O6. The molecule has 0 spiro atoms. The molecule has 0 radical (unpaired) electrons. The van der Waals surface area contributed by atoms with E-state index < -0.39 is 36.6 Å². The van der Waals surface area contributed by atoms with Crippen LogP contribution in [-0.4, -0.2) is 90.7 Å². The molecule has 1 saturated heterocycles. The number of nitrogens with one attached hydrogen (secondary N) is 3. The van der Waals surface area contributed by atoms with Crippen molar-refractivity contribution in [3.63, 3.8) is 0 Å². The topological polar surface area (TPSA) is 158 Å². The number of ether oxygens (including phenoxy) is 2. The van der Waals surface area contributed by atoms with Crippen molar-refractivity contribution >= 4 is 5.91 Å². The third-order valence-corrected chi connectivity index (χ3v) is 5.71. The van der Waals surface area contributed by atoms with Gasteiger partial charge in [-0.1, -0.05) is 0 Å². The molecule has 0 aromatic carbocycles. The van der Waals surface area contributed by atoms with E-state index in [9.17, 15) is 15.0 Å². The highest BCUT2D eigenvalue weighted by atomic mass is 16.7. The highest BCUT2D eigenvalue weighted by molar-refractivity contribution is 5.81. The van der Waals surface area contributed by atoms with E-state index >= 15 is 0 Å². The van der Waals surface area contributed by atoms with Crippen LogP contribution in [0.4, 0.5) is 0 Å². The Morgan fingerprint density at radius 1 is 1.41 bits per heavy atom. The number of allylic oxidation sites excluding steroid dienone is 1. The van der Waals surface area contributed by atoms with Gasteiger partial charge in [-0.2, -0.15) is 0 Å². The normalized spacial score (nSPS) is 33.9. The van der Waals surface area contributed by atoms with Crippen LogP contribution in [0.5, 0.6) is 0 Å². The molecule has 2 aliphatic heterocycles. The van der Waals surface area contributed by atoms with E-state index in [0.717, 1.165) is 12.2 Å². The molecular weight excluding hydrogens is 380 g/mol. The fourth-order valence-corrected chi connectivity index (χ4v) is 3.95. The van der Waals surface area contributed by atoms with Gasteiger partial charge in [0.2, 0.25) is 5.91 Å². The summed E-state index contributed by atoms with van der Waals surface area (Å²) in [5.74, 6) is 0.269. The summed E-state index contributed by atoms with van der Waals surface area (Å²) in [6, 6.07) is -0.766. The van der Waals surface area contributed by atoms with Crippen molar-refractivity contribution in [1.29, 1.82) is 0 Å². The number of nitrogens with two attached hydrogens (primary N) is 1. The Kier molecular flexibility index (Phi) is 8.25. The summed E-state index contributed by atoms with van der Waals surface area (Å²) in [6.45, 7) is 2.31. The number of hydrogen-bond acceptors (Lipinski definition) is 9. The molecule has 10 heteroatoms. The van der Waals surface area contributed by atoms with Crippen molar-refractivity contribution in [2.24, 2.45) is 11.7 Å². The van der Waals surface area contributed by atoms with Gasteiger partial charge in [-0.05, 0) is 25.3 Å². The summed E-state index contributed by atoms with van der Waals surface area (Å²) in [5.41, 5.74) is 6.24. The first-order valence-corrected chi connectivity index (χ1v) is 10.4. The molecule has 1 aliphatic carbocycles. The molecule has 1 unspecified atom stereocenters. The Balaban J connectivity index is 1.45. The molecule has 2 fully saturated rings. The second kappa shape index (κ2) is 10.7. The Labute approximate surface area is 170 Å². The van der Waals surface area contributed by atoms with E-state index in [-0.39, 0.29) is 18.6 Å². The van der Waals surface area contributed by atoms with Gasteiger partial charge in [-0.3, -0.25) is 4.79 Å². The lowest BCUT2D eigenvalue weighted by molar-refractivity contribution is -0.196. The van der Waals surface area contributed by atoms with Gasteiger partial charge in [-0.25, -0.2) is 0 Å². The van der Waals surface area contributed by atoms with Crippen molar-refractivity contribution in [3.05, 3.63) is 11.8 Å². The van der Waals surface area contributed by atoms with Crippen LogP contribution in [0.25, 0.3) is 0 Å². The largest absolute Gasteiger partial charge is 0.468 e. The SMILES string of the molecule is N[C@H]1C[C@@H](NC(=O)C(O)C2CNC2)C[C@@H](O)[C@@H]1O[C@@H]1CCC=C(CNCCO)O1. The first-order chi connectivity index (χ1) is 14.0. The van der Waals surface area contributed by atoms with Crippen molar-refractivity contribution < 1.29 is 29.6 Å². The standard InChI is InChI=1S/C19H34N4O6/c20-14-6-12(23-19(27)17(26)11-8-22-9-11)7-15(25)18(14)29-16-3-1-2-13(28-16)10-21-4-5-24/h2,11-12,14-18,21-22,24-26H,1,3-10,20H2,(H,23,27)/t12-,14+,15-,16-,17?,18-/m1/s1. The molecule has 2 heterocycles. The van der Waals surface area contributed by atoms with Crippen molar-refractivity contribution in [2.75, 3.05) is 32.8 Å². The molecule has 1 amide bonds. The smallest absolute Gasteiger partial charge is 0.249 e. The van der Waals surface area contributed by atoms with E-state index in [0.29, 0.717) is 45.4 Å². The van der Waals surface area contributed by atoms with Crippen molar-refractivity contribution in [2.45, 2.75) is 62.4 Å². The van der Waals surface area contributed by atoms with Crippen LogP contribution >= 0.6 is 0 Å². The van der Waals surface area contributed by atoms with Gasteiger partial charge in [0.1, 0.15) is 18.0 Å². The minimum absolute atomic E-state index is 0.0581. The van der Waals surface area contributed by atoms with E-state index in [1.807, 2.05) is 6.08 Å². The Hall–Kier alpha value is -1.27. The lowest BCUT2D eigenvalue weighted by Gasteiger charge is -2.40. The van der Waals surface area contributed by atoms with Gasteiger partial charge in [-0.15, -0.1) is 0 Å². The molecule has 29 heavy (non-hydrogen) atoms. The predicted molar refractivity (Wildman–Crippen MR) is 105 cm³/mol. The van der Waals surface area contributed by atoms with Crippen LogP contribution in [0.2, 0.25) is 0 Å². The lowest BCUT2D eigenvalue weighted by Crippen LogP contribution is -2.59. The molecule has 0 aromatic rings. The van der Waals surface area contributed by atoms with Crippen LogP contribution < -0.4 is 21.7 Å². The number of carbonyl (C=O) groups is 1. The number of hydrogen-bond donors (Lipinski definition) is 7. The maximum absolute atomic E-state index is 12.2.